The summed E-state index contributed by atoms with van der Waals surface area (Å²) in [7, 11) is 0. The molecule has 0 amide bonds. The van der Waals surface area contributed by atoms with Gasteiger partial charge in [0, 0.05) is 38.8 Å². The average molecular weight is 338 g/mol. The first-order valence-electron chi connectivity index (χ1n) is 9.14. The zero-order valence-electron chi connectivity index (χ0n) is 14.9. The van der Waals surface area contributed by atoms with Gasteiger partial charge >= 0.3 is 0 Å². The van der Waals surface area contributed by atoms with Crippen molar-refractivity contribution in [1.29, 1.82) is 0 Å². The molecule has 1 fully saturated rings. The van der Waals surface area contributed by atoms with Gasteiger partial charge < -0.3 is 0 Å². The number of nitrogens with zero attached hydrogens (tertiary/aromatic N) is 2. The molecular weight excluding hydrogens is 311 g/mol. The molecule has 2 nitrogen and oxygen atoms in total. The van der Waals surface area contributed by atoms with E-state index >= 15 is 0 Å². The summed E-state index contributed by atoms with van der Waals surface area (Å²) in [6.07, 6.45) is 5.21. The van der Waals surface area contributed by atoms with E-state index in [9.17, 15) is 4.39 Å². The molecule has 1 aliphatic heterocycles. The first kappa shape index (κ1) is 17.8. The summed E-state index contributed by atoms with van der Waals surface area (Å²) in [6, 6.07) is 17.9. The summed E-state index contributed by atoms with van der Waals surface area (Å²) in [5, 5.41) is 0. The Balaban J connectivity index is 1.44. The molecule has 0 aliphatic carbocycles. The second-order valence-corrected chi connectivity index (χ2v) is 6.79. The third-order valence-corrected chi connectivity index (χ3v) is 4.98. The average Bonchev–Trinajstić information content (AvgIpc) is 2.65. The highest BCUT2D eigenvalue weighted by atomic mass is 19.1. The van der Waals surface area contributed by atoms with Gasteiger partial charge in [-0.25, -0.2) is 4.39 Å². The van der Waals surface area contributed by atoms with E-state index in [1.807, 2.05) is 18.2 Å². The lowest BCUT2D eigenvalue weighted by Gasteiger charge is -2.37. The van der Waals surface area contributed by atoms with Crippen LogP contribution in [-0.4, -0.2) is 48.6 Å². The van der Waals surface area contributed by atoms with Crippen LogP contribution in [0.15, 0.2) is 60.7 Å². The predicted molar refractivity (Wildman–Crippen MR) is 103 cm³/mol. The molecule has 3 rings (SSSR count). The van der Waals surface area contributed by atoms with E-state index in [0.29, 0.717) is 6.04 Å². The van der Waals surface area contributed by atoms with Crippen LogP contribution in [0.5, 0.6) is 0 Å². The van der Waals surface area contributed by atoms with Gasteiger partial charge in [0.1, 0.15) is 5.82 Å². The lowest BCUT2D eigenvalue weighted by atomic mass is 10.0. The molecule has 0 bridgehead atoms. The Labute approximate surface area is 150 Å². The van der Waals surface area contributed by atoms with Gasteiger partial charge in [-0.1, -0.05) is 60.7 Å². The minimum Gasteiger partial charge on any atom is -0.298 e. The van der Waals surface area contributed by atoms with Crippen molar-refractivity contribution in [3.63, 3.8) is 0 Å². The van der Waals surface area contributed by atoms with Gasteiger partial charge in [-0.05, 0) is 30.5 Å². The monoisotopic (exact) mass is 338 g/mol. The predicted octanol–water partition coefficient (Wildman–Crippen LogP) is 4.09. The summed E-state index contributed by atoms with van der Waals surface area (Å²) in [4.78, 5) is 4.95. The molecule has 0 saturated carbocycles. The Morgan fingerprint density at radius 3 is 2.36 bits per heavy atom. The zero-order valence-corrected chi connectivity index (χ0v) is 14.9. The molecule has 1 saturated heterocycles. The number of halogens is 1. The molecular formula is C22H27FN2. The van der Waals surface area contributed by atoms with E-state index < -0.39 is 0 Å². The van der Waals surface area contributed by atoms with Crippen molar-refractivity contribution in [2.24, 2.45) is 0 Å². The fourth-order valence-electron chi connectivity index (χ4n) is 3.40. The topological polar surface area (TPSA) is 6.48 Å². The Morgan fingerprint density at radius 1 is 0.960 bits per heavy atom. The van der Waals surface area contributed by atoms with Crippen molar-refractivity contribution in [2.75, 3.05) is 32.7 Å². The van der Waals surface area contributed by atoms with Gasteiger partial charge in [0.05, 0.1) is 0 Å². The maximum Gasteiger partial charge on any atom is 0.126 e. The molecule has 2 aromatic rings. The van der Waals surface area contributed by atoms with Crippen LogP contribution in [0.25, 0.3) is 6.08 Å². The molecule has 0 aromatic heterocycles. The molecule has 2 aromatic carbocycles. The molecule has 3 heteroatoms. The summed E-state index contributed by atoms with van der Waals surface area (Å²) in [5.41, 5.74) is 2.07. The standard InChI is InChI=1S/C22H27FN2/c1-19(18-21-11-5-6-12-22(21)23)25-16-14-24(15-17-25)13-7-10-20-8-3-2-4-9-20/h2-12,19H,13-18H2,1H3/b10-7+/t19-/m1/s1. The zero-order chi connectivity index (χ0) is 17.5. The lowest BCUT2D eigenvalue weighted by molar-refractivity contribution is 0.109. The highest BCUT2D eigenvalue weighted by molar-refractivity contribution is 5.48. The van der Waals surface area contributed by atoms with Crippen LogP contribution in [0.2, 0.25) is 0 Å². The van der Waals surface area contributed by atoms with E-state index in [4.69, 9.17) is 0 Å². The fourth-order valence-corrected chi connectivity index (χ4v) is 3.40. The van der Waals surface area contributed by atoms with Crippen molar-refractivity contribution < 1.29 is 4.39 Å². The van der Waals surface area contributed by atoms with Crippen LogP contribution in [0.3, 0.4) is 0 Å². The smallest absolute Gasteiger partial charge is 0.126 e. The van der Waals surface area contributed by atoms with E-state index in [2.05, 4.69) is 53.1 Å². The van der Waals surface area contributed by atoms with Gasteiger partial charge in [0.25, 0.3) is 0 Å². The van der Waals surface area contributed by atoms with Crippen molar-refractivity contribution >= 4 is 6.08 Å². The SMILES string of the molecule is C[C@H](Cc1ccccc1F)N1CCN(C/C=C/c2ccccc2)CC1. The Hall–Kier alpha value is -1.97. The molecule has 1 atom stereocenters. The quantitative estimate of drug-likeness (QED) is 0.783. The van der Waals surface area contributed by atoms with E-state index in [1.165, 1.54) is 5.56 Å². The molecule has 0 unspecified atom stereocenters. The van der Waals surface area contributed by atoms with Crippen molar-refractivity contribution in [2.45, 2.75) is 19.4 Å². The largest absolute Gasteiger partial charge is 0.298 e. The molecule has 0 spiro atoms. The molecule has 132 valence electrons. The summed E-state index contributed by atoms with van der Waals surface area (Å²) in [6.45, 7) is 7.44. The number of hydrogen-bond donors (Lipinski definition) is 0. The summed E-state index contributed by atoms with van der Waals surface area (Å²) in [5.74, 6) is -0.0842. The third kappa shape index (κ3) is 5.25. The molecule has 1 heterocycles. The lowest BCUT2D eigenvalue weighted by Crippen LogP contribution is -2.50. The second kappa shape index (κ2) is 8.93. The van der Waals surface area contributed by atoms with E-state index in [1.54, 1.807) is 12.1 Å². The fraction of sp³-hybridized carbons (Fsp3) is 0.364. The van der Waals surface area contributed by atoms with Gasteiger partial charge in [-0.3, -0.25) is 9.80 Å². The summed E-state index contributed by atoms with van der Waals surface area (Å²) >= 11 is 0. The minimum atomic E-state index is -0.0842. The van der Waals surface area contributed by atoms with Crippen LogP contribution >= 0.6 is 0 Å². The van der Waals surface area contributed by atoms with E-state index in [-0.39, 0.29) is 5.82 Å². The highest BCUT2D eigenvalue weighted by Crippen LogP contribution is 2.14. The van der Waals surface area contributed by atoms with Crippen LogP contribution in [-0.2, 0) is 6.42 Å². The highest BCUT2D eigenvalue weighted by Gasteiger charge is 2.21. The maximum absolute atomic E-state index is 13.8. The first-order valence-corrected chi connectivity index (χ1v) is 9.14. The van der Waals surface area contributed by atoms with E-state index in [0.717, 1.165) is 44.7 Å². The van der Waals surface area contributed by atoms with Crippen molar-refractivity contribution in [3.05, 3.63) is 77.6 Å². The molecule has 0 N–H and O–H groups in total. The number of benzene rings is 2. The third-order valence-electron chi connectivity index (χ3n) is 4.98. The Bertz CT molecular complexity index is 675. The number of piperazine rings is 1. The van der Waals surface area contributed by atoms with Crippen LogP contribution in [0.4, 0.5) is 4.39 Å². The van der Waals surface area contributed by atoms with Gasteiger partial charge in [0.15, 0.2) is 0 Å². The van der Waals surface area contributed by atoms with Crippen LogP contribution < -0.4 is 0 Å². The first-order chi connectivity index (χ1) is 12.2. The number of rotatable bonds is 6. The Kier molecular flexibility index (Phi) is 6.37. The minimum absolute atomic E-state index is 0.0842. The van der Waals surface area contributed by atoms with Gasteiger partial charge in [-0.15, -0.1) is 0 Å². The second-order valence-electron chi connectivity index (χ2n) is 6.79. The normalized spacial score (nSPS) is 17.8. The Morgan fingerprint density at radius 2 is 1.64 bits per heavy atom. The van der Waals surface area contributed by atoms with Gasteiger partial charge in [0.2, 0.25) is 0 Å². The maximum atomic E-state index is 13.8. The van der Waals surface area contributed by atoms with Gasteiger partial charge in [-0.2, -0.15) is 0 Å². The van der Waals surface area contributed by atoms with Crippen LogP contribution in [0, 0.1) is 5.82 Å². The van der Waals surface area contributed by atoms with Crippen molar-refractivity contribution in [1.82, 2.24) is 9.80 Å². The van der Waals surface area contributed by atoms with Crippen LogP contribution in [0.1, 0.15) is 18.1 Å². The number of hydrogen-bond acceptors (Lipinski definition) is 2. The molecule has 0 radical (unpaired) electrons. The molecule has 25 heavy (non-hydrogen) atoms. The van der Waals surface area contributed by atoms with Crippen molar-refractivity contribution in [3.8, 4) is 0 Å². The summed E-state index contributed by atoms with van der Waals surface area (Å²) < 4.78 is 13.8. The molecule has 1 aliphatic rings.